The normalized spacial score (nSPS) is 19.1. The molecule has 0 saturated heterocycles. The van der Waals surface area contributed by atoms with Gasteiger partial charge >= 0.3 is 0 Å². The zero-order valence-corrected chi connectivity index (χ0v) is 21.4. The maximum Gasteiger partial charge on any atom is 0.195 e. The van der Waals surface area contributed by atoms with Crippen molar-refractivity contribution in [1.82, 2.24) is 0 Å². The van der Waals surface area contributed by atoms with Crippen molar-refractivity contribution >= 4 is 11.6 Å². The molecule has 0 amide bonds. The standard InChI is InChI=1S/C28H40O6/c1-19(2)10-13-28(14-11-21(5)8-7-9-22(6)17-29)25(34-15-12-20(3)4)16-23(31)26(27(28)33)24(32)18-30/h9-12,16,29-31H,7-8,13-15,17-18H2,1-6H3/t28-/m0/s1. The molecule has 0 radical (unpaired) electrons. The Labute approximate surface area is 203 Å². The molecule has 1 aliphatic carbocycles. The van der Waals surface area contributed by atoms with Gasteiger partial charge in [0.05, 0.1) is 12.0 Å². The molecule has 0 aliphatic heterocycles. The molecular weight excluding hydrogens is 432 g/mol. The SMILES string of the molecule is CC(C)=CCOC1=CC(O)=C(C(=O)CO)C(=O)[C@@]1(CC=C(C)C)CC=C(C)CCC=C(C)CO. The van der Waals surface area contributed by atoms with Crippen molar-refractivity contribution in [3.8, 4) is 0 Å². The van der Waals surface area contributed by atoms with Gasteiger partial charge in [-0.2, -0.15) is 0 Å². The number of hydrogen-bond acceptors (Lipinski definition) is 6. The molecule has 1 rings (SSSR count). The first-order valence-electron chi connectivity index (χ1n) is 11.6. The lowest BCUT2D eigenvalue weighted by Gasteiger charge is -2.36. The number of hydrogen-bond donors (Lipinski definition) is 3. The minimum absolute atomic E-state index is 0.0255. The van der Waals surface area contributed by atoms with Crippen molar-refractivity contribution in [3.05, 3.63) is 69.8 Å². The van der Waals surface area contributed by atoms with Crippen LogP contribution in [0.4, 0.5) is 0 Å². The first-order valence-corrected chi connectivity index (χ1v) is 11.6. The second-order valence-electron chi connectivity index (χ2n) is 9.34. The second kappa shape index (κ2) is 13.9. The van der Waals surface area contributed by atoms with E-state index in [-0.39, 0.29) is 31.6 Å². The van der Waals surface area contributed by atoms with Crippen LogP contribution in [0, 0.1) is 5.41 Å². The number of carbonyl (C=O) groups is 2. The summed E-state index contributed by atoms with van der Waals surface area (Å²) >= 11 is 0. The molecule has 188 valence electrons. The van der Waals surface area contributed by atoms with Gasteiger partial charge in [-0.15, -0.1) is 0 Å². The van der Waals surface area contributed by atoms with Crippen LogP contribution in [0.15, 0.2) is 69.8 Å². The third-order valence-electron chi connectivity index (χ3n) is 5.75. The van der Waals surface area contributed by atoms with E-state index in [1.165, 1.54) is 6.08 Å². The van der Waals surface area contributed by atoms with Crippen molar-refractivity contribution in [2.45, 2.75) is 67.2 Å². The molecule has 0 aromatic rings. The third-order valence-corrected chi connectivity index (χ3v) is 5.75. The molecular formula is C28H40O6. The molecule has 1 atom stereocenters. The van der Waals surface area contributed by atoms with Gasteiger partial charge in [-0.1, -0.05) is 40.5 Å². The van der Waals surface area contributed by atoms with Crippen LogP contribution in [0.2, 0.25) is 0 Å². The Bertz CT molecular complexity index is 934. The van der Waals surface area contributed by atoms with E-state index < -0.39 is 29.3 Å². The van der Waals surface area contributed by atoms with E-state index in [2.05, 4.69) is 0 Å². The van der Waals surface area contributed by atoms with E-state index in [0.717, 1.165) is 35.1 Å². The average molecular weight is 473 g/mol. The summed E-state index contributed by atoms with van der Waals surface area (Å²) in [5.74, 6) is -1.53. The molecule has 34 heavy (non-hydrogen) atoms. The molecule has 0 aromatic carbocycles. The lowest BCUT2D eigenvalue weighted by atomic mass is 9.69. The molecule has 6 heteroatoms. The first-order chi connectivity index (χ1) is 16.0. The lowest BCUT2D eigenvalue weighted by Crippen LogP contribution is -2.40. The number of Topliss-reactive ketones (excluding diaryl/α,β-unsaturated/α-hetero) is 2. The van der Waals surface area contributed by atoms with Crippen LogP contribution in [0.25, 0.3) is 0 Å². The molecule has 0 bridgehead atoms. The number of aliphatic hydroxyl groups is 3. The molecule has 0 aromatic heterocycles. The van der Waals surface area contributed by atoms with Crippen molar-refractivity contribution in [3.63, 3.8) is 0 Å². The van der Waals surface area contributed by atoms with Gasteiger partial charge in [0.2, 0.25) is 0 Å². The van der Waals surface area contributed by atoms with Crippen LogP contribution >= 0.6 is 0 Å². The maximum atomic E-state index is 13.8. The van der Waals surface area contributed by atoms with Gasteiger partial charge in [-0.3, -0.25) is 9.59 Å². The summed E-state index contributed by atoms with van der Waals surface area (Å²) in [5.41, 5.74) is 2.43. The minimum atomic E-state index is -1.21. The van der Waals surface area contributed by atoms with E-state index in [0.29, 0.717) is 5.76 Å². The molecule has 1 aliphatic rings. The highest BCUT2D eigenvalue weighted by molar-refractivity contribution is 6.24. The molecule has 0 unspecified atom stereocenters. The highest BCUT2D eigenvalue weighted by Crippen LogP contribution is 2.45. The highest BCUT2D eigenvalue weighted by Gasteiger charge is 2.48. The molecule has 0 heterocycles. The summed E-state index contributed by atoms with van der Waals surface area (Å²) in [6, 6.07) is 0. The molecule has 0 fully saturated rings. The van der Waals surface area contributed by atoms with Crippen LogP contribution in [0.5, 0.6) is 0 Å². The minimum Gasteiger partial charge on any atom is -0.507 e. The maximum absolute atomic E-state index is 13.8. The predicted molar refractivity (Wildman–Crippen MR) is 135 cm³/mol. The van der Waals surface area contributed by atoms with Gasteiger partial charge in [-0.25, -0.2) is 0 Å². The van der Waals surface area contributed by atoms with E-state index in [4.69, 9.17) is 9.84 Å². The Hall–Kier alpha value is -2.70. The Morgan fingerprint density at radius 1 is 0.912 bits per heavy atom. The van der Waals surface area contributed by atoms with Crippen LogP contribution < -0.4 is 0 Å². The zero-order valence-electron chi connectivity index (χ0n) is 21.4. The van der Waals surface area contributed by atoms with Crippen molar-refractivity contribution < 1.29 is 29.6 Å². The fourth-order valence-electron chi connectivity index (χ4n) is 3.54. The Kier molecular flexibility index (Phi) is 12.0. The van der Waals surface area contributed by atoms with Crippen LogP contribution in [0.3, 0.4) is 0 Å². The third kappa shape index (κ3) is 8.26. The van der Waals surface area contributed by atoms with Gasteiger partial charge in [0.15, 0.2) is 11.6 Å². The van der Waals surface area contributed by atoms with Crippen LogP contribution in [0.1, 0.15) is 67.2 Å². The number of ether oxygens (including phenoxy) is 1. The van der Waals surface area contributed by atoms with Gasteiger partial charge < -0.3 is 20.1 Å². The molecule has 0 spiro atoms. The highest BCUT2D eigenvalue weighted by atomic mass is 16.5. The molecule has 3 N–H and O–H groups in total. The lowest BCUT2D eigenvalue weighted by molar-refractivity contribution is -0.129. The van der Waals surface area contributed by atoms with Crippen LogP contribution in [-0.4, -0.2) is 46.7 Å². The number of carbonyl (C=O) groups excluding carboxylic acids is 2. The van der Waals surface area contributed by atoms with E-state index in [9.17, 15) is 19.8 Å². The quantitative estimate of drug-likeness (QED) is 0.251. The van der Waals surface area contributed by atoms with Gasteiger partial charge in [0, 0.05) is 6.08 Å². The number of aliphatic hydroxyl groups excluding tert-OH is 3. The summed E-state index contributed by atoms with van der Waals surface area (Å²) in [4.78, 5) is 26.1. The van der Waals surface area contributed by atoms with Crippen molar-refractivity contribution in [1.29, 1.82) is 0 Å². The zero-order chi connectivity index (χ0) is 25.9. The smallest absolute Gasteiger partial charge is 0.195 e. The van der Waals surface area contributed by atoms with Gasteiger partial charge in [-0.05, 0) is 73.3 Å². The fourth-order valence-corrected chi connectivity index (χ4v) is 3.54. The predicted octanol–water partition coefficient (Wildman–Crippen LogP) is 5.21. The number of rotatable bonds is 13. The second-order valence-corrected chi connectivity index (χ2v) is 9.34. The summed E-state index contributed by atoms with van der Waals surface area (Å²) < 4.78 is 6.00. The topological polar surface area (TPSA) is 104 Å². The fraction of sp³-hybridized carbons (Fsp3) is 0.500. The van der Waals surface area contributed by atoms with Crippen molar-refractivity contribution in [2.75, 3.05) is 19.8 Å². The van der Waals surface area contributed by atoms with E-state index in [1.807, 2.05) is 65.8 Å². The van der Waals surface area contributed by atoms with Crippen molar-refractivity contribution in [2.24, 2.45) is 5.41 Å². The first kappa shape index (κ1) is 29.3. The van der Waals surface area contributed by atoms with E-state index >= 15 is 0 Å². The summed E-state index contributed by atoms with van der Waals surface area (Å²) in [5, 5.41) is 29.1. The number of ketones is 2. The average Bonchev–Trinajstić information content (AvgIpc) is 2.77. The van der Waals surface area contributed by atoms with Gasteiger partial charge in [0.25, 0.3) is 0 Å². The molecule has 0 saturated carbocycles. The Balaban J connectivity index is 3.49. The van der Waals surface area contributed by atoms with Gasteiger partial charge in [0.1, 0.15) is 30.3 Å². The van der Waals surface area contributed by atoms with Crippen LogP contribution in [-0.2, 0) is 14.3 Å². The monoisotopic (exact) mass is 472 g/mol. The van der Waals surface area contributed by atoms with E-state index in [1.54, 1.807) is 0 Å². The molecule has 6 nitrogen and oxygen atoms in total. The summed E-state index contributed by atoms with van der Waals surface area (Å²) in [7, 11) is 0. The summed E-state index contributed by atoms with van der Waals surface area (Å²) in [6.45, 7) is 11.0. The Morgan fingerprint density at radius 2 is 1.53 bits per heavy atom. The Morgan fingerprint density at radius 3 is 2.09 bits per heavy atom. The summed E-state index contributed by atoms with van der Waals surface area (Å²) in [6.07, 6.45) is 11.2. The largest absolute Gasteiger partial charge is 0.507 e. The number of allylic oxidation sites excluding steroid dienone is 8.